The van der Waals surface area contributed by atoms with Gasteiger partial charge < -0.3 is 20.5 Å². The molecule has 0 aliphatic rings. The van der Waals surface area contributed by atoms with Gasteiger partial charge in [-0.3, -0.25) is 0 Å². The van der Waals surface area contributed by atoms with Crippen molar-refractivity contribution >= 4 is 22.4 Å². The Morgan fingerprint density at radius 3 is 2.56 bits per heavy atom. The monoisotopic (exact) mass is 429 g/mol. The molecule has 6 heteroatoms. The summed E-state index contributed by atoms with van der Waals surface area (Å²) in [4.78, 5) is 4.64. The van der Waals surface area contributed by atoms with Crippen molar-refractivity contribution in [2.24, 2.45) is 4.99 Å². The Morgan fingerprint density at radius 2 is 1.69 bits per heavy atom. The Labute approximate surface area is 186 Å². The normalized spacial score (nSPS) is 11.4. The van der Waals surface area contributed by atoms with Gasteiger partial charge in [0.05, 0.1) is 19.3 Å². The molecule has 0 fully saturated rings. The first-order valence-corrected chi connectivity index (χ1v) is 10.3. The highest BCUT2D eigenvalue weighted by Gasteiger charge is 2.09. The van der Waals surface area contributed by atoms with E-state index in [0.29, 0.717) is 19.0 Å². The first-order chi connectivity index (χ1) is 15.6. The molecule has 0 atom stereocenters. The van der Waals surface area contributed by atoms with Gasteiger partial charge in [0.15, 0.2) is 5.96 Å². The number of fused-ring (bicyclic) bond motifs is 1. The highest BCUT2D eigenvalue weighted by atomic mass is 19.1. The van der Waals surface area contributed by atoms with Gasteiger partial charge in [-0.15, -0.1) is 0 Å². The van der Waals surface area contributed by atoms with Crippen LogP contribution in [-0.2, 0) is 13.1 Å². The van der Waals surface area contributed by atoms with E-state index < -0.39 is 5.82 Å². The van der Waals surface area contributed by atoms with Gasteiger partial charge in [-0.25, -0.2) is 9.38 Å². The molecule has 4 aromatic rings. The number of hydrogen-bond donors (Lipinski definition) is 3. The molecule has 0 bridgehead atoms. The zero-order chi connectivity index (χ0) is 22.3. The average Bonchev–Trinajstić information content (AvgIpc) is 2.83. The molecule has 0 saturated heterocycles. The maximum Gasteiger partial charge on any atom is 0.196 e. The summed E-state index contributed by atoms with van der Waals surface area (Å²) in [6, 6.07) is 25.6. The van der Waals surface area contributed by atoms with E-state index in [1.165, 1.54) is 18.2 Å². The van der Waals surface area contributed by atoms with Crippen LogP contribution in [-0.4, -0.2) is 18.2 Å². The highest BCUT2D eigenvalue weighted by molar-refractivity contribution is 5.95. The molecule has 0 spiro atoms. The predicted octanol–water partition coefficient (Wildman–Crippen LogP) is 5.45. The Morgan fingerprint density at radius 1 is 0.938 bits per heavy atom. The topological polar surface area (TPSA) is 65.9 Å². The van der Waals surface area contributed by atoms with Crippen LogP contribution in [0.1, 0.15) is 11.1 Å². The second-order valence-electron chi connectivity index (χ2n) is 7.25. The minimum atomic E-state index is -0.455. The van der Waals surface area contributed by atoms with Gasteiger partial charge >= 0.3 is 0 Å². The maximum atomic E-state index is 13.7. The number of aliphatic imine (C=N–C) groups is 1. The van der Waals surface area contributed by atoms with Gasteiger partial charge in [0.2, 0.25) is 0 Å². The second kappa shape index (κ2) is 9.83. The standard InChI is InChI=1S/C26H24FN3O2/c1-32-25-12-5-3-8-20(25)17-29-26(30-23-15-21(27)13-14-24(23)31)28-16-19-10-6-9-18-7-2-4-11-22(18)19/h2-15,31H,16-17H2,1H3,(H2,28,29,30). The van der Waals surface area contributed by atoms with E-state index >= 15 is 0 Å². The van der Waals surface area contributed by atoms with Crippen molar-refractivity contribution in [1.29, 1.82) is 0 Å². The highest BCUT2D eigenvalue weighted by Crippen LogP contribution is 2.24. The van der Waals surface area contributed by atoms with Crippen LogP contribution in [0.15, 0.2) is 89.9 Å². The number of anilines is 1. The van der Waals surface area contributed by atoms with E-state index in [1.807, 2.05) is 48.5 Å². The summed E-state index contributed by atoms with van der Waals surface area (Å²) in [5, 5.41) is 18.8. The van der Waals surface area contributed by atoms with E-state index in [4.69, 9.17) is 4.74 Å². The van der Waals surface area contributed by atoms with Crippen LogP contribution in [0.4, 0.5) is 10.1 Å². The maximum absolute atomic E-state index is 13.7. The number of phenols is 1. The number of aromatic hydroxyl groups is 1. The first-order valence-electron chi connectivity index (χ1n) is 10.3. The number of hydrogen-bond acceptors (Lipinski definition) is 3. The molecule has 32 heavy (non-hydrogen) atoms. The SMILES string of the molecule is COc1ccccc1CN=C(NCc1cccc2ccccc12)Nc1cc(F)ccc1O. The fraction of sp³-hybridized carbons (Fsp3) is 0.115. The van der Waals surface area contributed by atoms with Crippen LogP contribution in [0.2, 0.25) is 0 Å². The Bertz CT molecular complexity index is 1250. The molecule has 0 radical (unpaired) electrons. The van der Waals surface area contributed by atoms with Gasteiger partial charge in [-0.05, 0) is 34.5 Å². The number of benzene rings is 4. The molecular weight excluding hydrogens is 405 g/mol. The van der Waals surface area contributed by atoms with Crippen molar-refractivity contribution in [2.45, 2.75) is 13.1 Å². The summed E-state index contributed by atoms with van der Waals surface area (Å²) in [7, 11) is 1.62. The van der Waals surface area contributed by atoms with Crippen molar-refractivity contribution in [2.75, 3.05) is 12.4 Å². The zero-order valence-electron chi connectivity index (χ0n) is 17.7. The molecule has 0 unspecified atom stereocenters. The molecule has 5 nitrogen and oxygen atoms in total. The lowest BCUT2D eigenvalue weighted by molar-refractivity contribution is 0.410. The van der Waals surface area contributed by atoms with Crippen molar-refractivity contribution in [1.82, 2.24) is 5.32 Å². The predicted molar refractivity (Wildman–Crippen MR) is 127 cm³/mol. The van der Waals surface area contributed by atoms with Crippen LogP contribution in [0.5, 0.6) is 11.5 Å². The van der Waals surface area contributed by atoms with Gasteiger partial charge in [-0.1, -0.05) is 60.7 Å². The summed E-state index contributed by atoms with van der Waals surface area (Å²) < 4.78 is 19.2. The lowest BCUT2D eigenvalue weighted by atomic mass is 10.0. The molecule has 0 aliphatic carbocycles. The second-order valence-corrected chi connectivity index (χ2v) is 7.25. The number of rotatable bonds is 6. The number of ether oxygens (including phenoxy) is 1. The van der Waals surface area contributed by atoms with Crippen LogP contribution in [0.25, 0.3) is 10.8 Å². The number of para-hydroxylation sites is 1. The van der Waals surface area contributed by atoms with Crippen molar-refractivity contribution < 1.29 is 14.2 Å². The van der Waals surface area contributed by atoms with Crippen LogP contribution < -0.4 is 15.4 Å². The van der Waals surface area contributed by atoms with Crippen molar-refractivity contribution in [3.8, 4) is 11.5 Å². The lowest BCUT2D eigenvalue weighted by Gasteiger charge is -2.15. The summed E-state index contributed by atoms with van der Waals surface area (Å²) in [6.45, 7) is 0.833. The number of nitrogens with zero attached hydrogens (tertiary/aromatic N) is 1. The Kier molecular flexibility index (Phi) is 6.51. The van der Waals surface area contributed by atoms with Crippen LogP contribution in [0, 0.1) is 5.82 Å². The van der Waals surface area contributed by atoms with Gasteiger partial charge in [0.25, 0.3) is 0 Å². The minimum Gasteiger partial charge on any atom is -0.506 e. The fourth-order valence-corrected chi connectivity index (χ4v) is 3.50. The van der Waals surface area contributed by atoms with E-state index in [-0.39, 0.29) is 11.4 Å². The molecule has 0 aliphatic heterocycles. The number of nitrogens with one attached hydrogen (secondary N) is 2. The third-order valence-corrected chi connectivity index (χ3v) is 5.14. The van der Waals surface area contributed by atoms with E-state index in [2.05, 4.69) is 33.8 Å². The average molecular weight is 429 g/mol. The Balaban J connectivity index is 1.61. The van der Waals surface area contributed by atoms with Crippen molar-refractivity contribution in [3.05, 3.63) is 102 Å². The van der Waals surface area contributed by atoms with Gasteiger partial charge in [-0.2, -0.15) is 0 Å². The van der Waals surface area contributed by atoms with Gasteiger partial charge in [0, 0.05) is 18.2 Å². The molecule has 162 valence electrons. The number of phenolic OH excluding ortho intramolecular Hbond substituents is 1. The molecule has 3 N–H and O–H groups in total. The fourth-order valence-electron chi connectivity index (χ4n) is 3.50. The van der Waals surface area contributed by atoms with E-state index in [9.17, 15) is 9.50 Å². The van der Waals surface area contributed by atoms with E-state index in [1.54, 1.807) is 7.11 Å². The molecule has 0 saturated carbocycles. The quantitative estimate of drug-likeness (QED) is 0.217. The summed E-state index contributed by atoms with van der Waals surface area (Å²) in [5.41, 5.74) is 2.23. The van der Waals surface area contributed by atoms with Crippen LogP contribution in [0.3, 0.4) is 0 Å². The molecule has 4 aromatic carbocycles. The number of guanidine groups is 1. The smallest absolute Gasteiger partial charge is 0.196 e. The lowest BCUT2D eigenvalue weighted by Crippen LogP contribution is -2.30. The molecule has 0 heterocycles. The summed E-state index contributed by atoms with van der Waals surface area (Å²) >= 11 is 0. The third-order valence-electron chi connectivity index (χ3n) is 5.14. The molecule has 4 rings (SSSR count). The zero-order valence-corrected chi connectivity index (χ0v) is 17.7. The molecule has 0 amide bonds. The molecule has 0 aromatic heterocycles. The largest absolute Gasteiger partial charge is 0.506 e. The van der Waals surface area contributed by atoms with Crippen molar-refractivity contribution in [3.63, 3.8) is 0 Å². The van der Waals surface area contributed by atoms with Crippen LogP contribution >= 0.6 is 0 Å². The molecular formula is C26H24FN3O2. The number of halogens is 1. The number of methoxy groups -OCH3 is 1. The first kappa shape index (κ1) is 21.2. The Hall–Kier alpha value is -4.06. The summed E-state index contributed by atoms with van der Waals surface area (Å²) in [5.74, 6) is 0.620. The third kappa shape index (κ3) is 4.98. The van der Waals surface area contributed by atoms with Gasteiger partial charge in [0.1, 0.15) is 17.3 Å². The minimum absolute atomic E-state index is 0.0663. The van der Waals surface area contributed by atoms with E-state index in [0.717, 1.165) is 27.6 Å². The summed E-state index contributed by atoms with van der Waals surface area (Å²) in [6.07, 6.45) is 0.